The summed E-state index contributed by atoms with van der Waals surface area (Å²) in [5.41, 5.74) is 0.976. The zero-order chi connectivity index (χ0) is 25.8. The van der Waals surface area contributed by atoms with Crippen molar-refractivity contribution >= 4 is 0 Å². The average molecular weight is 481 g/mol. The van der Waals surface area contributed by atoms with E-state index in [-0.39, 0.29) is 12.2 Å². The number of hydrogen-bond donors (Lipinski definition) is 2. The maximum Gasteiger partial charge on any atom is 0.0540 e. The molecule has 204 valence electrons. The molecule has 2 aliphatic rings. The van der Waals surface area contributed by atoms with Crippen molar-refractivity contribution in [1.82, 2.24) is 0 Å². The fourth-order valence-corrected chi connectivity index (χ4v) is 7.34. The van der Waals surface area contributed by atoms with Gasteiger partial charge in [0, 0.05) is 0 Å². The maximum absolute atomic E-state index is 9.97. The van der Waals surface area contributed by atoms with Gasteiger partial charge in [-0.3, -0.25) is 0 Å². The zero-order valence-electron chi connectivity index (χ0n) is 24.7. The minimum Gasteiger partial charge on any atom is -0.393 e. The predicted molar refractivity (Wildman–Crippen MR) is 150 cm³/mol. The minimum atomic E-state index is -0.0557. The van der Waals surface area contributed by atoms with Crippen LogP contribution in [0.5, 0.6) is 0 Å². The SMILES string of the molecule is CCCCC(O)CCC1[C@@H](C)CCCC1(C)C.CCCCC(O)CC[C@H]1[C@@H](C)CCCC1(C)C. The second-order valence-electron chi connectivity index (χ2n) is 13.7. The molecule has 2 heteroatoms. The molecule has 2 nitrogen and oxygen atoms in total. The lowest BCUT2D eigenvalue weighted by Gasteiger charge is -2.43. The van der Waals surface area contributed by atoms with E-state index >= 15 is 0 Å². The third-order valence-corrected chi connectivity index (χ3v) is 9.75. The maximum atomic E-state index is 9.97. The topological polar surface area (TPSA) is 40.5 Å². The van der Waals surface area contributed by atoms with Crippen LogP contribution >= 0.6 is 0 Å². The lowest BCUT2D eigenvalue weighted by atomic mass is 9.62. The van der Waals surface area contributed by atoms with E-state index in [1.54, 1.807) is 0 Å². The molecule has 2 saturated carbocycles. The van der Waals surface area contributed by atoms with E-state index in [0.29, 0.717) is 10.8 Å². The molecule has 0 heterocycles. The van der Waals surface area contributed by atoms with Crippen LogP contribution in [0, 0.1) is 34.5 Å². The van der Waals surface area contributed by atoms with E-state index in [0.717, 1.165) is 49.4 Å². The molecule has 2 rings (SSSR count). The number of aliphatic hydroxyl groups is 2. The summed E-state index contributed by atoms with van der Waals surface area (Å²) in [6.07, 6.45) is 19.4. The molecule has 0 aromatic rings. The van der Waals surface area contributed by atoms with Crippen LogP contribution in [0.25, 0.3) is 0 Å². The summed E-state index contributed by atoms with van der Waals surface area (Å²) in [4.78, 5) is 0. The van der Waals surface area contributed by atoms with Gasteiger partial charge in [-0.25, -0.2) is 0 Å². The molecule has 0 spiro atoms. The quantitative estimate of drug-likeness (QED) is 0.292. The van der Waals surface area contributed by atoms with Crippen molar-refractivity contribution in [3.05, 3.63) is 0 Å². The molecule has 6 atom stereocenters. The van der Waals surface area contributed by atoms with Gasteiger partial charge in [0.25, 0.3) is 0 Å². The highest BCUT2D eigenvalue weighted by Gasteiger charge is 2.37. The fourth-order valence-electron chi connectivity index (χ4n) is 7.34. The first kappa shape index (κ1) is 31.9. The van der Waals surface area contributed by atoms with Gasteiger partial charge in [-0.05, 0) is 85.9 Å². The van der Waals surface area contributed by atoms with Crippen molar-refractivity contribution < 1.29 is 10.2 Å². The van der Waals surface area contributed by atoms with Crippen LogP contribution < -0.4 is 0 Å². The van der Waals surface area contributed by atoms with Crippen LogP contribution in [-0.4, -0.2) is 22.4 Å². The molecule has 0 bridgehead atoms. The highest BCUT2D eigenvalue weighted by Crippen LogP contribution is 2.47. The van der Waals surface area contributed by atoms with E-state index in [4.69, 9.17) is 0 Å². The Kier molecular flexibility index (Phi) is 14.9. The van der Waals surface area contributed by atoms with Gasteiger partial charge in [-0.15, -0.1) is 0 Å². The standard InChI is InChI=1S/2C16H32O/c2*1-5-6-9-14(17)10-11-15-13(2)8-7-12-16(15,3)4/h2*13-15,17H,5-12H2,1-4H3/t13-,14?,15?;13-,14?,15-/m00/s1. The van der Waals surface area contributed by atoms with Crippen LogP contribution in [0.4, 0.5) is 0 Å². The third-order valence-electron chi connectivity index (χ3n) is 9.75. The summed E-state index contributed by atoms with van der Waals surface area (Å²) in [7, 11) is 0. The van der Waals surface area contributed by atoms with Gasteiger partial charge in [0.1, 0.15) is 0 Å². The summed E-state index contributed by atoms with van der Waals surface area (Å²) in [6.45, 7) is 18.9. The molecule has 34 heavy (non-hydrogen) atoms. The Labute approximate surface area is 215 Å². The lowest BCUT2D eigenvalue weighted by Crippen LogP contribution is -2.34. The number of rotatable bonds is 12. The van der Waals surface area contributed by atoms with E-state index in [9.17, 15) is 10.2 Å². The van der Waals surface area contributed by atoms with E-state index in [1.807, 2.05) is 0 Å². The van der Waals surface area contributed by atoms with Gasteiger partial charge in [0.05, 0.1) is 12.2 Å². The number of hydrogen-bond acceptors (Lipinski definition) is 2. The summed E-state index contributed by atoms with van der Waals surface area (Å²) >= 11 is 0. The van der Waals surface area contributed by atoms with Crippen molar-refractivity contribution in [2.75, 3.05) is 0 Å². The van der Waals surface area contributed by atoms with Crippen LogP contribution in [0.3, 0.4) is 0 Å². The predicted octanol–water partition coefficient (Wildman–Crippen LogP) is 9.56. The van der Waals surface area contributed by atoms with Crippen molar-refractivity contribution in [1.29, 1.82) is 0 Å². The fraction of sp³-hybridized carbons (Fsp3) is 1.00. The molecule has 0 aliphatic heterocycles. The molecule has 0 amide bonds. The highest BCUT2D eigenvalue weighted by atomic mass is 16.3. The first-order valence-electron chi connectivity index (χ1n) is 15.3. The summed E-state index contributed by atoms with van der Waals surface area (Å²) in [5, 5.41) is 19.9. The first-order chi connectivity index (χ1) is 15.9. The molecule has 0 aromatic carbocycles. The largest absolute Gasteiger partial charge is 0.393 e. The second kappa shape index (κ2) is 15.9. The normalized spacial score (nSPS) is 30.2. The Balaban J connectivity index is 0.000000340. The highest BCUT2D eigenvalue weighted by molar-refractivity contribution is 4.87. The molecular formula is C32H64O2. The molecule has 2 N–H and O–H groups in total. The number of aliphatic hydroxyl groups excluding tert-OH is 2. The van der Waals surface area contributed by atoms with Crippen LogP contribution in [-0.2, 0) is 0 Å². The molecule has 2 fully saturated rings. The van der Waals surface area contributed by atoms with Crippen LogP contribution in [0.15, 0.2) is 0 Å². The van der Waals surface area contributed by atoms with E-state index in [2.05, 4.69) is 55.4 Å². The van der Waals surface area contributed by atoms with Crippen LogP contribution in [0.2, 0.25) is 0 Å². The zero-order valence-corrected chi connectivity index (χ0v) is 24.7. The van der Waals surface area contributed by atoms with Crippen molar-refractivity contribution in [2.45, 2.75) is 170 Å². The Morgan fingerprint density at radius 2 is 1.00 bits per heavy atom. The van der Waals surface area contributed by atoms with Gasteiger partial charge in [0.15, 0.2) is 0 Å². The molecule has 2 aliphatic carbocycles. The van der Waals surface area contributed by atoms with E-state index in [1.165, 1.54) is 77.0 Å². The van der Waals surface area contributed by atoms with Crippen molar-refractivity contribution in [3.63, 3.8) is 0 Å². The van der Waals surface area contributed by atoms with Crippen molar-refractivity contribution in [2.24, 2.45) is 34.5 Å². The second-order valence-corrected chi connectivity index (χ2v) is 13.7. The Hall–Kier alpha value is -0.0800. The van der Waals surface area contributed by atoms with Gasteiger partial charge in [-0.2, -0.15) is 0 Å². The summed E-state index contributed by atoms with van der Waals surface area (Å²) in [6, 6.07) is 0. The van der Waals surface area contributed by atoms with Crippen molar-refractivity contribution in [3.8, 4) is 0 Å². The van der Waals surface area contributed by atoms with Gasteiger partial charge in [-0.1, -0.05) is 107 Å². The number of unbranched alkanes of at least 4 members (excludes halogenated alkanes) is 2. The summed E-state index contributed by atoms with van der Waals surface area (Å²) in [5.74, 6) is 3.31. The van der Waals surface area contributed by atoms with Gasteiger partial charge in [0.2, 0.25) is 0 Å². The molecule has 0 radical (unpaired) electrons. The Bertz CT molecular complexity index is 465. The molecule has 0 saturated heterocycles. The summed E-state index contributed by atoms with van der Waals surface area (Å²) < 4.78 is 0. The van der Waals surface area contributed by atoms with E-state index < -0.39 is 0 Å². The van der Waals surface area contributed by atoms with Crippen LogP contribution in [0.1, 0.15) is 158 Å². The first-order valence-corrected chi connectivity index (χ1v) is 15.3. The Morgan fingerprint density at radius 1 is 0.647 bits per heavy atom. The molecule has 3 unspecified atom stereocenters. The van der Waals surface area contributed by atoms with Gasteiger partial charge < -0.3 is 10.2 Å². The average Bonchev–Trinajstić information content (AvgIpc) is 2.75. The lowest BCUT2D eigenvalue weighted by molar-refractivity contribution is 0.0554. The van der Waals surface area contributed by atoms with Gasteiger partial charge >= 0.3 is 0 Å². The monoisotopic (exact) mass is 480 g/mol. The molecular weight excluding hydrogens is 416 g/mol. The third kappa shape index (κ3) is 11.3. The smallest absolute Gasteiger partial charge is 0.0540 e. The Morgan fingerprint density at radius 3 is 1.29 bits per heavy atom. The molecule has 0 aromatic heterocycles. The minimum absolute atomic E-state index is 0.0557.